The summed E-state index contributed by atoms with van der Waals surface area (Å²) in [7, 11) is 0. The van der Waals surface area contributed by atoms with Crippen LogP contribution >= 0.6 is 0 Å². The Morgan fingerprint density at radius 3 is 1.77 bits per heavy atom. The van der Waals surface area contributed by atoms with Crippen LogP contribution in [0.15, 0.2) is 109 Å². The van der Waals surface area contributed by atoms with Gasteiger partial charge >= 0.3 is 5.97 Å². The summed E-state index contributed by atoms with van der Waals surface area (Å²) in [5.41, 5.74) is 5.58. The predicted octanol–water partition coefficient (Wildman–Crippen LogP) is 6.62. The van der Waals surface area contributed by atoms with Crippen LogP contribution in [0.25, 0.3) is 11.6 Å². The number of benzene rings is 4. The molecule has 4 aromatic carbocycles. The SMILES string of the molecule is O=C1Oc2ccccc2C1=Cc1ccc(N(c2ccccc2)c2ccccc2)cc1. The van der Waals surface area contributed by atoms with Crippen LogP contribution in [0.2, 0.25) is 0 Å². The highest BCUT2D eigenvalue weighted by molar-refractivity contribution is 6.25. The molecule has 0 saturated carbocycles. The zero-order chi connectivity index (χ0) is 20.3. The lowest BCUT2D eigenvalue weighted by molar-refractivity contribution is -0.126. The van der Waals surface area contributed by atoms with Gasteiger partial charge in [0.1, 0.15) is 5.75 Å². The van der Waals surface area contributed by atoms with Crippen molar-refractivity contribution in [2.75, 3.05) is 4.90 Å². The van der Waals surface area contributed by atoms with Gasteiger partial charge in [-0.15, -0.1) is 0 Å². The van der Waals surface area contributed by atoms with Gasteiger partial charge in [0, 0.05) is 22.6 Å². The Balaban J connectivity index is 1.52. The van der Waals surface area contributed by atoms with Crippen LogP contribution in [0.4, 0.5) is 17.1 Å². The molecule has 1 heterocycles. The maximum atomic E-state index is 12.3. The fraction of sp³-hybridized carbons (Fsp3) is 0. The largest absolute Gasteiger partial charge is 0.422 e. The number of nitrogens with zero attached hydrogens (tertiary/aromatic N) is 1. The molecular weight excluding hydrogens is 370 g/mol. The van der Waals surface area contributed by atoms with Gasteiger partial charge in [0.2, 0.25) is 0 Å². The number of esters is 1. The zero-order valence-corrected chi connectivity index (χ0v) is 16.2. The summed E-state index contributed by atoms with van der Waals surface area (Å²) in [5.74, 6) is 0.306. The molecule has 0 aliphatic carbocycles. The third-order valence-electron chi connectivity index (χ3n) is 5.09. The first kappa shape index (κ1) is 18.0. The van der Waals surface area contributed by atoms with Crippen molar-refractivity contribution < 1.29 is 9.53 Å². The Morgan fingerprint density at radius 2 is 1.13 bits per heavy atom. The van der Waals surface area contributed by atoms with Gasteiger partial charge < -0.3 is 9.64 Å². The van der Waals surface area contributed by atoms with Gasteiger partial charge in [-0.05, 0) is 54.1 Å². The Bertz CT molecular complexity index is 1170. The molecule has 1 aliphatic heterocycles. The van der Waals surface area contributed by atoms with Crippen LogP contribution in [-0.4, -0.2) is 5.97 Å². The van der Waals surface area contributed by atoms with E-state index in [1.54, 1.807) is 0 Å². The van der Waals surface area contributed by atoms with Crippen LogP contribution in [0.3, 0.4) is 0 Å². The number of hydrogen-bond acceptors (Lipinski definition) is 3. The van der Waals surface area contributed by atoms with E-state index in [2.05, 4.69) is 41.3 Å². The number of hydrogen-bond donors (Lipinski definition) is 0. The molecule has 0 unspecified atom stereocenters. The Kier molecular flexibility index (Phi) is 4.62. The van der Waals surface area contributed by atoms with Crippen molar-refractivity contribution in [2.45, 2.75) is 0 Å². The lowest BCUT2D eigenvalue weighted by Gasteiger charge is -2.25. The van der Waals surface area contributed by atoms with Gasteiger partial charge in [0.05, 0.1) is 5.57 Å². The molecule has 0 saturated heterocycles. The van der Waals surface area contributed by atoms with E-state index in [4.69, 9.17) is 4.74 Å². The van der Waals surface area contributed by atoms with Crippen molar-refractivity contribution in [3.63, 3.8) is 0 Å². The molecule has 0 fully saturated rings. The molecule has 4 aromatic rings. The van der Waals surface area contributed by atoms with E-state index >= 15 is 0 Å². The van der Waals surface area contributed by atoms with E-state index in [0.29, 0.717) is 11.3 Å². The standard InChI is InChI=1S/C27H19NO2/c29-27-25(24-13-7-8-14-26(24)30-27)19-20-15-17-23(18-16-20)28(21-9-3-1-4-10-21)22-11-5-2-6-12-22/h1-19H. The smallest absolute Gasteiger partial charge is 0.344 e. The summed E-state index contributed by atoms with van der Waals surface area (Å²) >= 11 is 0. The molecule has 0 aromatic heterocycles. The molecule has 3 heteroatoms. The van der Waals surface area contributed by atoms with E-state index in [0.717, 1.165) is 28.2 Å². The van der Waals surface area contributed by atoms with Crippen LogP contribution in [0, 0.1) is 0 Å². The topological polar surface area (TPSA) is 29.5 Å². The number of rotatable bonds is 4. The van der Waals surface area contributed by atoms with Gasteiger partial charge in [0.25, 0.3) is 0 Å². The molecule has 0 N–H and O–H groups in total. The Morgan fingerprint density at radius 1 is 0.600 bits per heavy atom. The molecule has 30 heavy (non-hydrogen) atoms. The number of carbonyl (C=O) groups is 1. The van der Waals surface area contributed by atoms with E-state index in [9.17, 15) is 4.79 Å². The predicted molar refractivity (Wildman–Crippen MR) is 121 cm³/mol. The highest BCUT2D eigenvalue weighted by Gasteiger charge is 2.26. The zero-order valence-electron chi connectivity index (χ0n) is 16.2. The Labute approximate surface area is 175 Å². The minimum Gasteiger partial charge on any atom is -0.422 e. The molecule has 0 radical (unpaired) electrons. The first-order valence-electron chi connectivity index (χ1n) is 9.83. The summed E-state index contributed by atoms with van der Waals surface area (Å²) in [6.07, 6.45) is 1.88. The van der Waals surface area contributed by atoms with Gasteiger partial charge in [-0.2, -0.15) is 0 Å². The first-order chi connectivity index (χ1) is 14.8. The van der Waals surface area contributed by atoms with Crippen molar-refractivity contribution in [1.29, 1.82) is 0 Å². The number of carbonyl (C=O) groups excluding carboxylic acids is 1. The van der Waals surface area contributed by atoms with E-state index in [-0.39, 0.29) is 5.97 Å². The molecule has 0 spiro atoms. The average molecular weight is 389 g/mol. The van der Waals surface area contributed by atoms with Gasteiger partial charge in [-0.1, -0.05) is 66.7 Å². The summed E-state index contributed by atoms with van der Waals surface area (Å²) in [4.78, 5) is 14.5. The first-order valence-corrected chi connectivity index (χ1v) is 9.83. The maximum absolute atomic E-state index is 12.3. The fourth-order valence-corrected chi connectivity index (χ4v) is 3.67. The average Bonchev–Trinajstić information content (AvgIpc) is 3.12. The number of anilines is 3. The molecular formula is C27H19NO2. The number of para-hydroxylation sites is 3. The Hall–Kier alpha value is -4.11. The van der Waals surface area contributed by atoms with Crippen LogP contribution in [0.5, 0.6) is 5.75 Å². The summed E-state index contributed by atoms with van der Waals surface area (Å²) in [5, 5.41) is 0. The monoisotopic (exact) mass is 389 g/mol. The fourth-order valence-electron chi connectivity index (χ4n) is 3.67. The third kappa shape index (κ3) is 3.38. The third-order valence-corrected chi connectivity index (χ3v) is 5.09. The molecule has 0 atom stereocenters. The van der Waals surface area contributed by atoms with Gasteiger partial charge in [-0.25, -0.2) is 4.79 Å². The highest BCUT2D eigenvalue weighted by Crippen LogP contribution is 2.36. The molecule has 5 rings (SSSR count). The van der Waals surface area contributed by atoms with Gasteiger partial charge in [-0.3, -0.25) is 0 Å². The quantitative estimate of drug-likeness (QED) is 0.223. The van der Waals surface area contributed by atoms with Crippen LogP contribution < -0.4 is 9.64 Å². The van der Waals surface area contributed by atoms with E-state index in [1.807, 2.05) is 78.9 Å². The number of fused-ring (bicyclic) bond motifs is 1. The summed E-state index contributed by atoms with van der Waals surface area (Å²) < 4.78 is 5.35. The van der Waals surface area contributed by atoms with Crippen molar-refractivity contribution in [3.8, 4) is 5.75 Å². The summed E-state index contributed by atoms with van der Waals surface area (Å²) in [6, 6.07) is 36.2. The van der Waals surface area contributed by atoms with Crippen LogP contribution in [0.1, 0.15) is 11.1 Å². The molecule has 3 nitrogen and oxygen atoms in total. The van der Waals surface area contributed by atoms with Crippen molar-refractivity contribution >= 4 is 34.7 Å². The molecule has 0 amide bonds. The maximum Gasteiger partial charge on any atom is 0.344 e. The molecule has 1 aliphatic rings. The van der Waals surface area contributed by atoms with Crippen molar-refractivity contribution in [1.82, 2.24) is 0 Å². The number of ether oxygens (including phenoxy) is 1. The normalized spacial score (nSPS) is 13.7. The van der Waals surface area contributed by atoms with Crippen LogP contribution in [-0.2, 0) is 4.79 Å². The second-order valence-corrected chi connectivity index (χ2v) is 7.04. The minimum absolute atomic E-state index is 0.310. The van der Waals surface area contributed by atoms with Gasteiger partial charge in [0.15, 0.2) is 0 Å². The lowest BCUT2D eigenvalue weighted by Crippen LogP contribution is -2.09. The van der Waals surface area contributed by atoms with E-state index < -0.39 is 0 Å². The minimum atomic E-state index is -0.310. The van der Waals surface area contributed by atoms with Crippen molar-refractivity contribution in [2.24, 2.45) is 0 Å². The van der Waals surface area contributed by atoms with Crippen molar-refractivity contribution in [3.05, 3.63) is 120 Å². The highest BCUT2D eigenvalue weighted by atomic mass is 16.5. The lowest BCUT2D eigenvalue weighted by atomic mass is 10.0. The summed E-state index contributed by atoms with van der Waals surface area (Å²) in [6.45, 7) is 0. The second kappa shape index (κ2) is 7.72. The second-order valence-electron chi connectivity index (χ2n) is 7.04. The molecule has 144 valence electrons. The molecule has 0 bridgehead atoms. The van der Waals surface area contributed by atoms with E-state index in [1.165, 1.54) is 0 Å².